The SMILES string of the molecule is CCC(CC)n1ccc(CC(=O)CC(N)C2CC2)n1. The Morgan fingerprint density at radius 1 is 1.47 bits per heavy atom. The lowest BCUT2D eigenvalue weighted by molar-refractivity contribution is -0.118. The van der Waals surface area contributed by atoms with Crippen LogP contribution in [0.5, 0.6) is 0 Å². The molecule has 0 bridgehead atoms. The fourth-order valence-electron chi connectivity index (χ4n) is 2.57. The van der Waals surface area contributed by atoms with E-state index in [1.807, 2.05) is 16.9 Å². The Hall–Kier alpha value is -1.16. The van der Waals surface area contributed by atoms with Gasteiger partial charge in [0.1, 0.15) is 5.78 Å². The fraction of sp³-hybridized carbons (Fsp3) is 0.733. The molecule has 0 aromatic carbocycles. The molecule has 1 fully saturated rings. The molecule has 1 unspecified atom stereocenters. The van der Waals surface area contributed by atoms with Crippen LogP contribution >= 0.6 is 0 Å². The summed E-state index contributed by atoms with van der Waals surface area (Å²) in [5.41, 5.74) is 6.86. The van der Waals surface area contributed by atoms with E-state index in [1.54, 1.807) is 0 Å². The van der Waals surface area contributed by atoms with Gasteiger partial charge in [0, 0.05) is 18.7 Å². The standard InChI is InChI=1S/C15H25N3O/c1-3-13(4-2)18-8-7-12(17-18)9-14(19)10-15(16)11-5-6-11/h7-8,11,13,15H,3-6,9-10,16H2,1-2H3. The monoisotopic (exact) mass is 263 g/mol. The van der Waals surface area contributed by atoms with Gasteiger partial charge in [0.2, 0.25) is 0 Å². The van der Waals surface area contributed by atoms with E-state index < -0.39 is 0 Å². The third-order valence-electron chi connectivity index (χ3n) is 4.05. The van der Waals surface area contributed by atoms with Crippen molar-refractivity contribution in [1.82, 2.24) is 9.78 Å². The second kappa shape index (κ2) is 6.33. The summed E-state index contributed by atoms with van der Waals surface area (Å²) in [6.07, 6.45) is 7.43. The van der Waals surface area contributed by atoms with Crippen LogP contribution in [0.1, 0.15) is 57.7 Å². The van der Waals surface area contributed by atoms with Crippen LogP contribution in [0, 0.1) is 5.92 Å². The maximum atomic E-state index is 11.9. The lowest BCUT2D eigenvalue weighted by Crippen LogP contribution is -2.26. The van der Waals surface area contributed by atoms with Gasteiger partial charge in [-0.2, -0.15) is 5.10 Å². The van der Waals surface area contributed by atoms with Crippen LogP contribution in [-0.2, 0) is 11.2 Å². The van der Waals surface area contributed by atoms with Crippen molar-refractivity contribution < 1.29 is 4.79 Å². The number of ketones is 1. The molecule has 106 valence electrons. The van der Waals surface area contributed by atoms with Crippen LogP contribution in [0.2, 0.25) is 0 Å². The molecule has 0 radical (unpaired) electrons. The topological polar surface area (TPSA) is 60.9 Å². The molecule has 0 aliphatic heterocycles. The highest BCUT2D eigenvalue weighted by Crippen LogP contribution is 2.32. The van der Waals surface area contributed by atoms with E-state index in [1.165, 1.54) is 12.8 Å². The summed E-state index contributed by atoms with van der Waals surface area (Å²) in [5, 5.41) is 4.52. The third-order valence-corrected chi connectivity index (χ3v) is 4.05. The summed E-state index contributed by atoms with van der Waals surface area (Å²) in [6.45, 7) is 4.32. The Morgan fingerprint density at radius 2 is 2.16 bits per heavy atom. The first-order valence-corrected chi connectivity index (χ1v) is 7.45. The summed E-state index contributed by atoms with van der Waals surface area (Å²) in [5.74, 6) is 0.806. The van der Waals surface area contributed by atoms with Gasteiger partial charge < -0.3 is 5.73 Å². The lowest BCUT2D eigenvalue weighted by Gasteiger charge is -2.12. The Kier molecular flexibility index (Phi) is 4.75. The highest BCUT2D eigenvalue weighted by atomic mass is 16.1. The van der Waals surface area contributed by atoms with Crippen molar-refractivity contribution in [2.75, 3.05) is 0 Å². The second-order valence-electron chi connectivity index (χ2n) is 5.68. The molecule has 0 saturated heterocycles. The van der Waals surface area contributed by atoms with Crippen molar-refractivity contribution in [3.63, 3.8) is 0 Å². The van der Waals surface area contributed by atoms with Gasteiger partial charge in [-0.15, -0.1) is 0 Å². The Bertz CT molecular complexity index is 419. The maximum Gasteiger partial charge on any atom is 0.140 e. The van der Waals surface area contributed by atoms with E-state index in [2.05, 4.69) is 18.9 Å². The van der Waals surface area contributed by atoms with Crippen molar-refractivity contribution in [2.24, 2.45) is 11.7 Å². The minimum Gasteiger partial charge on any atom is -0.327 e. The van der Waals surface area contributed by atoms with E-state index in [-0.39, 0.29) is 11.8 Å². The number of hydrogen-bond donors (Lipinski definition) is 1. The van der Waals surface area contributed by atoms with Crippen LogP contribution in [0.25, 0.3) is 0 Å². The number of Topliss-reactive ketones (excluding diaryl/α,β-unsaturated/α-hetero) is 1. The molecule has 1 aromatic rings. The minimum absolute atomic E-state index is 0.0635. The molecule has 4 heteroatoms. The molecule has 4 nitrogen and oxygen atoms in total. The molecule has 2 N–H and O–H groups in total. The van der Waals surface area contributed by atoms with Crippen LogP contribution in [0.15, 0.2) is 12.3 Å². The van der Waals surface area contributed by atoms with E-state index in [0.29, 0.717) is 24.8 Å². The first kappa shape index (κ1) is 14.3. The zero-order chi connectivity index (χ0) is 13.8. The van der Waals surface area contributed by atoms with Gasteiger partial charge in [-0.25, -0.2) is 0 Å². The highest BCUT2D eigenvalue weighted by Gasteiger charge is 2.29. The number of hydrogen-bond acceptors (Lipinski definition) is 3. The van der Waals surface area contributed by atoms with E-state index >= 15 is 0 Å². The Labute approximate surface area is 115 Å². The van der Waals surface area contributed by atoms with Crippen molar-refractivity contribution >= 4 is 5.78 Å². The molecule has 0 amide bonds. The van der Waals surface area contributed by atoms with Gasteiger partial charge in [0.25, 0.3) is 0 Å². The second-order valence-corrected chi connectivity index (χ2v) is 5.68. The van der Waals surface area contributed by atoms with Gasteiger partial charge in [0.05, 0.1) is 18.2 Å². The predicted molar refractivity (Wildman–Crippen MR) is 75.9 cm³/mol. The Balaban J connectivity index is 1.86. The first-order valence-electron chi connectivity index (χ1n) is 7.45. The minimum atomic E-state index is 0.0635. The maximum absolute atomic E-state index is 11.9. The number of rotatable bonds is 8. The van der Waals surface area contributed by atoms with E-state index in [9.17, 15) is 4.79 Å². The van der Waals surface area contributed by atoms with Crippen LogP contribution < -0.4 is 5.73 Å². The molecule has 0 spiro atoms. The molecule has 1 atom stereocenters. The first-order chi connectivity index (χ1) is 9.13. The normalized spacial score (nSPS) is 16.8. The number of nitrogens with two attached hydrogens (primary N) is 1. The molecule has 1 aliphatic carbocycles. The quantitative estimate of drug-likeness (QED) is 0.784. The Morgan fingerprint density at radius 3 is 2.74 bits per heavy atom. The summed E-state index contributed by atoms with van der Waals surface area (Å²) < 4.78 is 1.99. The predicted octanol–water partition coefficient (Wildman–Crippen LogP) is 2.48. The summed E-state index contributed by atoms with van der Waals surface area (Å²) >= 11 is 0. The smallest absolute Gasteiger partial charge is 0.140 e. The molecule has 1 heterocycles. The molecule has 19 heavy (non-hydrogen) atoms. The molecule has 1 aromatic heterocycles. The van der Waals surface area contributed by atoms with Gasteiger partial charge in [-0.05, 0) is 37.7 Å². The van der Waals surface area contributed by atoms with Gasteiger partial charge in [-0.1, -0.05) is 13.8 Å². The van der Waals surface area contributed by atoms with Crippen molar-refractivity contribution in [3.8, 4) is 0 Å². The summed E-state index contributed by atoms with van der Waals surface area (Å²) in [6, 6.07) is 2.46. The number of aromatic nitrogens is 2. The summed E-state index contributed by atoms with van der Waals surface area (Å²) in [4.78, 5) is 11.9. The zero-order valence-electron chi connectivity index (χ0n) is 12.0. The molecule has 2 rings (SSSR count). The van der Waals surface area contributed by atoms with Crippen LogP contribution in [-0.4, -0.2) is 21.6 Å². The van der Waals surface area contributed by atoms with E-state index in [0.717, 1.165) is 18.5 Å². The van der Waals surface area contributed by atoms with Gasteiger partial charge in [0.15, 0.2) is 0 Å². The largest absolute Gasteiger partial charge is 0.327 e. The molecule has 1 saturated carbocycles. The molecular formula is C15H25N3O. The lowest BCUT2D eigenvalue weighted by atomic mass is 10.0. The van der Waals surface area contributed by atoms with Crippen molar-refractivity contribution in [3.05, 3.63) is 18.0 Å². The molecule has 1 aliphatic rings. The number of nitrogens with zero attached hydrogens (tertiary/aromatic N) is 2. The molecular weight excluding hydrogens is 238 g/mol. The van der Waals surface area contributed by atoms with Crippen molar-refractivity contribution in [1.29, 1.82) is 0 Å². The van der Waals surface area contributed by atoms with Gasteiger partial charge >= 0.3 is 0 Å². The fourth-order valence-corrected chi connectivity index (χ4v) is 2.57. The van der Waals surface area contributed by atoms with E-state index in [4.69, 9.17) is 5.73 Å². The average molecular weight is 263 g/mol. The van der Waals surface area contributed by atoms with Crippen LogP contribution in [0.3, 0.4) is 0 Å². The van der Waals surface area contributed by atoms with Crippen molar-refractivity contribution in [2.45, 2.75) is 64.5 Å². The number of carbonyl (C=O) groups excluding carboxylic acids is 1. The average Bonchev–Trinajstić information content (AvgIpc) is 3.14. The van der Waals surface area contributed by atoms with Crippen LogP contribution in [0.4, 0.5) is 0 Å². The zero-order valence-corrected chi connectivity index (χ0v) is 12.0. The summed E-state index contributed by atoms with van der Waals surface area (Å²) in [7, 11) is 0. The number of carbonyl (C=O) groups is 1. The third kappa shape index (κ3) is 3.90. The highest BCUT2D eigenvalue weighted by molar-refractivity contribution is 5.81. The van der Waals surface area contributed by atoms with Gasteiger partial charge in [-0.3, -0.25) is 9.48 Å².